The van der Waals surface area contributed by atoms with Gasteiger partial charge in [0, 0.05) is 6.07 Å². The Balaban J connectivity index is 2.19. The Morgan fingerprint density at radius 3 is 2.65 bits per heavy atom. The van der Waals surface area contributed by atoms with Crippen molar-refractivity contribution < 1.29 is 9.47 Å². The van der Waals surface area contributed by atoms with Crippen molar-refractivity contribution in [1.29, 1.82) is 5.26 Å². The molecule has 17 heavy (non-hydrogen) atoms. The second kappa shape index (κ2) is 4.25. The molecule has 0 aliphatic heterocycles. The van der Waals surface area contributed by atoms with Gasteiger partial charge in [-0.1, -0.05) is 0 Å². The zero-order chi connectivity index (χ0) is 12.5. The topological polar surface area (TPSA) is 55.1 Å². The smallest absolute Gasteiger partial charge is 0.232 e. The van der Waals surface area contributed by atoms with E-state index >= 15 is 0 Å². The molecule has 0 aromatic carbocycles. The maximum Gasteiger partial charge on any atom is 0.232 e. The van der Waals surface area contributed by atoms with Crippen molar-refractivity contribution >= 4 is 0 Å². The fourth-order valence-electron chi connectivity index (χ4n) is 1.33. The first-order valence-corrected chi connectivity index (χ1v) is 5.74. The summed E-state index contributed by atoms with van der Waals surface area (Å²) in [6.07, 6.45) is 4.09. The summed E-state index contributed by atoms with van der Waals surface area (Å²) in [4.78, 5) is 4.15. The van der Waals surface area contributed by atoms with Crippen molar-refractivity contribution in [1.82, 2.24) is 4.98 Å². The lowest BCUT2D eigenvalue weighted by Crippen LogP contribution is -2.24. The molecule has 0 amide bonds. The lowest BCUT2D eigenvalue weighted by atomic mass is 10.2. The predicted octanol–water partition coefficient (Wildman–Crippen LogP) is 2.67. The summed E-state index contributed by atoms with van der Waals surface area (Å²) < 4.78 is 11.2. The van der Waals surface area contributed by atoms with Gasteiger partial charge in [-0.25, -0.2) is 4.98 Å². The first-order valence-electron chi connectivity index (χ1n) is 5.74. The van der Waals surface area contributed by atoms with E-state index in [2.05, 4.69) is 11.1 Å². The summed E-state index contributed by atoms with van der Waals surface area (Å²) in [6.45, 7) is 5.76. The molecule has 0 radical (unpaired) electrons. The standard InChI is InChI=1S/C13H16N2O2/c1-13(2,3)17-12-9(7-14)6-11(8-15-12)16-10-4-5-10/h6,8,10H,4-5H2,1-3H3. The molecule has 0 atom stereocenters. The van der Waals surface area contributed by atoms with E-state index in [-0.39, 0.29) is 5.60 Å². The van der Waals surface area contributed by atoms with Gasteiger partial charge < -0.3 is 9.47 Å². The highest BCUT2D eigenvalue weighted by molar-refractivity contribution is 5.42. The molecular weight excluding hydrogens is 216 g/mol. The van der Waals surface area contributed by atoms with Crippen LogP contribution in [0.15, 0.2) is 12.3 Å². The van der Waals surface area contributed by atoms with Crippen LogP contribution in [0.5, 0.6) is 11.6 Å². The van der Waals surface area contributed by atoms with Crippen LogP contribution < -0.4 is 9.47 Å². The molecular formula is C13H16N2O2. The molecule has 2 rings (SSSR count). The third-order valence-electron chi connectivity index (χ3n) is 2.18. The highest BCUT2D eigenvalue weighted by atomic mass is 16.5. The molecule has 0 N–H and O–H groups in total. The molecule has 1 aromatic heterocycles. The van der Waals surface area contributed by atoms with Crippen molar-refractivity contribution in [2.45, 2.75) is 45.3 Å². The van der Waals surface area contributed by atoms with E-state index in [0.717, 1.165) is 12.8 Å². The third-order valence-corrected chi connectivity index (χ3v) is 2.18. The van der Waals surface area contributed by atoms with Gasteiger partial charge in [-0.3, -0.25) is 0 Å². The summed E-state index contributed by atoms with van der Waals surface area (Å²) in [7, 11) is 0. The minimum absolute atomic E-state index is 0.303. The zero-order valence-corrected chi connectivity index (χ0v) is 10.4. The number of nitrogens with zero attached hydrogens (tertiary/aromatic N) is 2. The van der Waals surface area contributed by atoms with Gasteiger partial charge in [-0.15, -0.1) is 0 Å². The summed E-state index contributed by atoms with van der Waals surface area (Å²) in [6, 6.07) is 3.77. The molecule has 1 aromatic rings. The van der Waals surface area contributed by atoms with E-state index in [1.54, 1.807) is 12.3 Å². The van der Waals surface area contributed by atoms with Crippen molar-refractivity contribution in [2.24, 2.45) is 0 Å². The van der Waals surface area contributed by atoms with Gasteiger partial charge in [0.1, 0.15) is 23.0 Å². The minimum Gasteiger partial charge on any atom is -0.489 e. The molecule has 4 nitrogen and oxygen atoms in total. The quantitative estimate of drug-likeness (QED) is 0.804. The minimum atomic E-state index is -0.364. The van der Waals surface area contributed by atoms with Crippen molar-refractivity contribution in [2.75, 3.05) is 0 Å². The average molecular weight is 232 g/mol. The van der Waals surface area contributed by atoms with Gasteiger partial charge in [0.25, 0.3) is 0 Å². The number of hydrogen-bond donors (Lipinski definition) is 0. The Bertz CT molecular complexity index is 453. The molecule has 1 aliphatic rings. The monoisotopic (exact) mass is 232 g/mol. The number of aromatic nitrogens is 1. The highest BCUT2D eigenvalue weighted by Gasteiger charge is 2.24. The molecule has 0 unspecified atom stereocenters. The first-order chi connectivity index (χ1) is 7.98. The van der Waals surface area contributed by atoms with Gasteiger partial charge in [0.05, 0.1) is 12.3 Å². The largest absolute Gasteiger partial charge is 0.489 e. The number of hydrogen-bond acceptors (Lipinski definition) is 4. The summed E-state index contributed by atoms with van der Waals surface area (Å²) in [5.74, 6) is 1.01. The fraction of sp³-hybridized carbons (Fsp3) is 0.538. The van der Waals surface area contributed by atoms with Gasteiger partial charge >= 0.3 is 0 Å². The van der Waals surface area contributed by atoms with Gasteiger partial charge in [-0.05, 0) is 33.6 Å². The molecule has 0 saturated heterocycles. The van der Waals surface area contributed by atoms with Crippen molar-refractivity contribution in [3.63, 3.8) is 0 Å². The summed E-state index contributed by atoms with van der Waals surface area (Å²) >= 11 is 0. The van der Waals surface area contributed by atoms with E-state index in [1.807, 2.05) is 20.8 Å². The van der Waals surface area contributed by atoms with Crippen LogP contribution in [0.1, 0.15) is 39.2 Å². The normalized spacial score (nSPS) is 15.2. The Morgan fingerprint density at radius 2 is 2.12 bits per heavy atom. The number of nitriles is 1. The van der Waals surface area contributed by atoms with Crippen LogP contribution in [0, 0.1) is 11.3 Å². The van der Waals surface area contributed by atoms with E-state index < -0.39 is 0 Å². The van der Waals surface area contributed by atoms with E-state index in [4.69, 9.17) is 14.7 Å². The third kappa shape index (κ3) is 3.35. The van der Waals surface area contributed by atoms with Crippen LogP contribution in [0.4, 0.5) is 0 Å². The molecule has 1 aliphatic carbocycles. The van der Waals surface area contributed by atoms with E-state index in [0.29, 0.717) is 23.3 Å². The molecule has 4 heteroatoms. The van der Waals surface area contributed by atoms with Crippen LogP contribution in [0.2, 0.25) is 0 Å². The van der Waals surface area contributed by atoms with Crippen molar-refractivity contribution in [3.05, 3.63) is 17.8 Å². The second-order valence-corrected chi connectivity index (χ2v) is 5.17. The van der Waals surface area contributed by atoms with Gasteiger partial charge in [-0.2, -0.15) is 5.26 Å². The number of ether oxygens (including phenoxy) is 2. The zero-order valence-electron chi connectivity index (χ0n) is 10.4. The fourth-order valence-corrected chi connectivity index (χ4v) is 1.33. The van der Waals surface area contributed by atoms with Gasteiger partial charge in [0.15, 0.2) is 0 Å². The molecule has 0 bridgehead atoms. The number of pyridine rings is 1. The second-order valence-electron chi connectivity index (χ2n) is 5.17. The molecule has 1 saturated carbocycles. The van der Waals surface area contributed by atoms with Crippen LogP contribution in [0.25, 0.3) is 0 Å². The van der Waals surface area contributed by atoms with Crippen LogP contribution in [-0.4, -0.2) is 16.7 Å². The Labute approximate surface area is 101 Å². The van der Waals surface area contributed by atoms with E-state index in [9.17, 15) is 0 Å². The average Bonchev–Trinajstić information content (AvgIpc) is 3.02. The maximum atomic E-state index is 9.06. The highest BCUT2D eigenvalue weighted by Crippen LogP contribution is 2.29. The van der Waals surface area contributed by atoms with Gasteiger partial charge in [0.2, 0.25) is 5.88 Å². The van der Waals surface area contributed by atoms with Crippen LogP contribution >= 0.6 is 0 Å². The lowest BCUT2D eigenvalue weighted by Gasteiger charge is -2.21. The Kier molecular flexibility index (Phi) is 2.93. The lowest BCUT2D eigenvalue weighted by molar-refractivity contribution is 0.123. The Hall–Kier alpha value is -1.76. The molecule has 0 spiro atoms. The predicted molar refractivity (Wildman–Crippen MR) is 63.0 cm³/mol. The van der Waals surface area contributed by atoms with Crippen LogP contribution in [-0.2, 0) is 0 Å². The summed E-state index contributed by atoms with van der Waals surface area (Å²) in [5.41, 5.74) is 0.0513. The Morgan fingerprint density at radius 1 is 1.41 bits per heavy atom. The molecule has 1 heterocycles. The molecule has 90 valence electrons. The first kappa shape index (κ1) is 11.7. The maximum absolute atomic E-state index is 9.06. The summed E-state index contributed by atoms with van der Waals surface area (Å²) in [5, 5.41) is 9.06. The van der Waals surface area contributed by atoms with Crippen molar-refractivity contribution in [3.8, 4) is 17.7 Å². The SMILES string of the molecule is CC(C)(C)Oc1ncc(OC2CC2)cc1C#N. The number of rotatable bonds is 3. The van der Waals surface area contributed by atoms with Crippen LogP contribution in [0.3, 0.4) is 0 Å². The molecule has 1 fully saturated rings. The van der Waals surface area contributed by atoms with E-state index in [1.165, 1.54) is 0 Å².